The fourth-order valence-corrected chi connectivity index (χ4v) is 8.13. The van der Waals surface area contributed by atoms with E-state index in [1.54, 1.807) is 19.9 Å². The van der Waals surface area contributed by atoms with Crippen molar-refractivity contribution in [2.24, 2.45) is 31.4 Å². The first-order valence-corrected chi connectivity index (χ1v) is 53.3. The second-order valence-electron chi connectivity index (χ2n) is 23.9. The largest absolute Gasteiger partial charge is 0.466 e. The molecule has 0 bridgehead atoms. The predicted molar refractivity (Wildman–Crippen MR) is 551 cm³/mol. The number of ether oxygens (including phenoxy) is 1. The van der Waals surface area contributed by atoms with Gasteiger partial charge in [-0.15, -0.1) is 25.3 Å². The lowest BCUT2D eigenvalue weighted by Gasteiger charge is -1.92. The molecule has 0 aromatic heterocycles. The van der Waals surface area contributed by atoms with E-state index >= 15 is 0 Å². The highest BCUT2D eigenvalue weighted by molar-refractivity contribution is 7.98. The molecule has 0 aliphatic heterocycles. The lowest BCUT2D eigenvalue weighted by atomic mass is 10.1. The van der Waals surface area contributed by atoms with Gasteiger partial charge in [0.2, 0.25) is 50.1 Å². The van der Waals surface area contributed by atoms with Gasteiger partial charge in [0, 0.05) is 25.9 Å². The summed E-state index contributed by atoms with van der Waals surface area (Å²) in [7, 11) is -23.2. The third-order valence-electron chi connectivity index (χ3n) is 12.8. The standard InChI is InChI=1S/7C10H8.C4H8O2.C3H8O2S.C3H8S.C2H3N.2C2H6.5CH5NO2S.CH5N.2CH4.2O3S/c7*1-2-6-10-8-4-3-7-9(10)5-1;1-3-6-4(2)5;1-3-6(2,4)5;1-3-4-2;1-2-3;2*1-2;5*1-5(2,3)4;1-2;;;2*1-4(2)3/h7*1-8H;2*3H2,1-2H3;3H2,1-2H3;1H3;2*1-2H3;5*1H3,(H2,2,3,4);2H2,1H3;2*1H4;;. The molecule has 0 saturated heterocycles. The van der Waals surface area contributed by atoms with Crippen molar-refractivity contribution in [2.45, 2.75) is 77.2 Å². The summed E-state index contributed by atoms with van der Waals surface area (Å²) < 4.78 is 169. The number of sulfone groups is 1. The van der Waals surface area contributed by atoms with Gasteiger partial charge in [-0.1, -0.05) is 396 Å². The van der Waals surface area contributed by atoms with Crippen LogP contribution in [0.5, 0.6) is 0 Å². The van der Waals surface area contributed by atoms with Crippen LogP contribution in [-0.2, 0) is 90.7 Å². The Morgan fingerprint density at radius 1 is 0.300 bits per heavy atom. The first kappa shape index (κ1) is 137. The molecule has 27 nitrogen and oxygen atoms in total. The van der Waals surface area contributed by atoms with Gasteiger partial charge < -0.3 is 10.5 Å². The average molecular weight is 1970 g/mol. The number of primary sulfonamides is 5. The summed E-state index contributed by atoms with van der Waals surface area (Å²) in [4.78, 5) is 9.82. The monoisotopic (exact) mass is 1970 g/mol. The maximum absolute atomic E-state index is 10.0. The molecule has 718 valence electrons. The highest BCUT2D eigenvalue weighted by atomic mass is 32.2. The third-order valence-corrected chi connectivity index (χ3v) is 14.4. The van der Waals surface area contributed by atoms with Gasteiger partial charge >= 0.3 is 27.2 Å². The van der Waals surface area contributed by atoms with Crippen molar-refractivity contribution in [2.75, 3.05) is 69.0 Å². The molecule has 14 aromatic rings. The van der Waals surface area contributed by atoms with Crippen molar-refractivity contribution < 1.29 is 85.3 Å². The van der Waals surface area contributed by atoms with Gasteiger partial charge in [0.15, 0.2) is 0 Å². The molecule has 0 heterocycles. The van der Waals surface area contributed by atoms with Gasteiger partial charge in [-0.25, -0.2) is 76.2 Å². The number of rotatable bonds is 3. The zero-order chi connectivity index (χ0) is 99.7. The van der Waals surface area contributed by atoms with E-state index in [0.29, 0.717) is 6.61 Å². The molecule has 130 heavy (non-hydrogen) atoms. The Balaban J connectivity index is -0.000000172. The molecule has 0 saturated carbocycles. The van der Waals surface area contributed by atoms with Crippen molar-refractivity contribution >= 4 is 174 Å². The van der Waals surface area contributed by atoms with E-state index in [-0.39, 0.29) is 26.6 Å². The van der Waals surface area contributed by atoms with Gasteiger partial charge in [0.25, 0.3) is 0 Å². The van der Waals surface area contributed by atoms with E-state index in [1.165, 1.54) is 108 Å². The fraction of sp³-hybridized carbons (Fsp3) is 0.234. The number of hydrogen-bond donors (Lipinski definition) is 6. The second kappa shape index (κ2) is 84.7. The quantitative estimate of drug-likeness (QED) is 0.0895. The molecule has 0 unspecified atom stereocenters. The molecule has 0 aliphatic carbocycles. The zero-order valence-electron chi connectivity index (χ0n) is 75.2. The summed E-state index contributed by atoms with van der Waals surface area (Å²) in [6.45, 7) is 16.8. The second-order valence-corrected chi connectivity index (χ2v) is 36.6. The van der Waals surface area contributed by atoms with Crippen LogP contribution in [0, 0.1) is 11.3 Å². The van der Waals surface area contributed by atoms with E-state index in [0.717, 1.165) is 31.3 Å². The Morgan fingerprint density at radius 2 is 0.362 bits per heavy atom. The summed E-state index contributed by atoms with van der Waals surface area (Å²) in [5.41, 5.74) is 4.50. The normalized spacial score (nSPS) is 9.31. The summed E-state index contributed by atoms with van der Waals surface area (Å²) in [5.74, 6) is 1.27. The molecule has 12 N–H and O–H groups in total. The van der Waals surface area contributed by atoms with Crippen LogP contribution in [0.3, 0.4) is 0 Å². The smallest absolute Gasteiger partial charge is 0.425 e. The number of benzene rings is 14. The molecular formula is C94H133N7O20S9. The summed E-state index contributed by atoms with van der Waals surface area (Å²) in [6, 6.07) is 119. The van der Waals surface area contributed by atoms with Crippen LogP contribution in [0.1, 0.15) is 77.2 Å². The highest BCUT2D eigenvalue weighted by Crippen LogP contribution is 2.17. The van der Waals surface area contributed by atoms with Crippen molar-refractivity contribution in [1.29, 1.82) is 5.26 Å². The van der Waals surface area contributed by atoms with Crippen LogP contribution >= 0.6 is 11.8 Å². The topological polar surface area (TPSA) is 513 Å². The molecule has 0 fully saturated rings. The number of carbonyl (C=O) groups excluding carboxylic acids is 1. The van der Waals surface area contributed by atoms with Crippen LogP contribution in [0.15, 0.2) is 340 Å². The minimum atomic E-state index is -3.17. The Kier molecular flexibility index (Phi) is 89.2. The van der Waals surface area contributed by atoms with E-state index in [4.69, 9.17) is 30.5 Å². The van der Waals surface area contributed by atoms with Gasteiger partial charge in [-0.3, -0.25) is 4.79 Å². The molecule has 0 aliphatic rings. The Labute approximate surface area is 782 Å². The molecule has 14 rings (SSSR count). The summed E-state index contributed by atoms with van der Waals surface area (Å²) in [5, 5.41) is 47.3. The molecular weight excluding hydrogens is 1840 g/mol. The Hall–Kier alpha value is -11.1. The number of carbonyl (C=O) groups is 1. The number of hydrogen-bond acceptors (Lipinski definition) is 23. The van der Waals surface area contributed by atoms with Gasteiger partial charge in [0.1, 0.15) is 9.84 Å². The summed E-state index contributed by atoms with van der Waals surface area (Å²) in [6.07, 6.45) is 8.00. The molecule has 0 radical (unpaired) electrons. The SMILES string of the molecule is C.C.CC.CC.CC#N.CCOC(C)=O.CCS(C)(=O)=O.CCSC.CN.CS(N)(=O)=O.CS(N)(=O)=O.CS(N)(=O)=O.CS(N)(=O)=O.CS(N)(=O)=O.O=S(=O)=O.O=S(=O)=O.c1ccc2ccccc2c1.c1ccc2ccccc2c1.c1ccc2ccccc2c1.c1ccc2ccccc2c1.c1ccc2ccccc2c1.c1ccc2ccccc2c1.c1ccc2ccccc2c1. The van der Waals surface area contributed by atoms with E-state index in [1.807, 2.05) is 39.5 Å². The minimum absolute atomic E-state index is 0. The lowest BCUT2D eigenvalue weighted by Crippen LogP contribution is -2.07. The van der Waals surface area contributed by atoms with E-state index in [2.05, 4.69) is 389 Å². The van der Waals surface area contributed by atoms with Gasteiger partial charge in [-0.2, -0.15) is 17.0 Å². The lowest BCUT2D eigenvalue weighted by molar-refractivity contribution is -0.140. The maximum atomic E-state index is 10.0. The number of esters is 1. The van der Waals surface area contributed by atoms with Crippen LogP contribution in [-0.4, -0.2) is 151 Å². The Morgan fingerprint density at radius 3 is 0.385 bits per heavy atom. The number of nitrogens with two attached hydrogens (primary N) is 6. The number of nitrogens with zero attached hydrogens (tertiary/aromatic N) is 1. The molecule has 0 atom stereocenters. The predicted octanol–water partition coefficient (Wildman–Crippen LogP) is 17.8. The first-order valence-electron chi connectivity index (χ1n) is 38.1. The van der Waals surface area contributed by atoms with Crippen molar-refractivity contribution in [3.8, 4) is 6.07 Å². The number of sulfonamides is 5. The maximum Gasteiger partial charge on any atom is 0.425 e. The number of nitriles is 1. The zero-order valence-corrected chi connectivity index (χ0v) is 82.6. The van der Waals surface area contributed by atoms with Crippen molar-refractivity contribution in [3.05, 3.63) is 340 Å². The average Bonchev–Trinajstić information content (AvgIpc) is 0.911. The molecule has 0 amide bonds. The minimum Gasteiger partial charge on any atom is -0.466 e. The number of thioether (sulfide) groups is 1. The fourth-order valence-electron chi connectivity index (χ4n) is 8.13. The molecule has 14 aromatic carbocycles. The Bertz CT molecular complexity index is 4920. The molecule has 0 spiro atoms. The van der Waals surface area contributed by atoms with E-state index < -0.39 is 81.2 Å². The van der Waals surface area contributed by atoms with Crippen LogP contribution < -0.4 is 31.4 Å². The van der Waals surface area contributed by atoms with Gasteiger partial charge in [0.05, 0.1) is 44.0 Å². The molecule has 36 heteroatoms. The van der Waals surface area contributed by atoms with Crippen molar-refractivity contribution in [1.82, 2.24) is 0 Å². The third kappa shape index (κ3) is 106. The van der Waals surface area contributed by atoms with Gasteiger partial charge in [-0.05, 0) is 101 Å². The number of fused-ring (bicyclic) bond motifs is 7. The summed E-state index contributed by atoms with van der Waals surface area (Å²) >= 11 is 1.86. The van der Waals surface area contributed by atoms with Crippen LogP contribution in [0.4, 0.5) is 0 Å². The van der Waals surface area contributed by atoms with Crippen molar-refractivity contribution in [3.63, 3.8) is 0 Å². The first-order chi connectivity index (χ1) is 59.9. The van der Waals surface area contributed by atoms with Crippen LogP contribution in [0.25, 0.3) is 75.4 Å². The highest BCUT2D eigenvalue weighted by Gasteiger charge is 1.94. The van der Waals surface area contributed by atoms with Crippen LogP contribution in [0.2, 0.25) is 0 Å². The van der Waals surface area contributed by atoms with E-state index in [9.17, 15) is 55.3 Å².